The van der Waals surface area contributed by atoms with Crippen molar-refractivity contribution in [3.05, 3.63) is 34.9 Å². The van der Waals surface area contributed by atoms with Crippen LogP contribution in [0.3, 0.4) is 0 Å². The lowest BCUT2D eigenvalue weighted by molar-refractivity contribution is 0.0963. The Bertz CT molecular complexity index is 377. The van der Waals surface area contributed by atoms with E-state index in [1.165, 1.54) is 0 Å². The first-order chi connectivity index (χ1) is 6.19. The van der Waals surface area contributed by atoms with Gasteiger partial charge in [0.25, 0.3) is 5.91 Å². The van der Waals surface area contributed by atoms with Gasteiger partial charge >= 0.3 is 0 Å². The second kappa shape index (κ2) is 3.72. The SMILES string of the molecule is CNC(=O)c1ccc(C)cc1C#N. The first-order valence-corrected chi connectivity index (χ1v) is 3.92. The molecule has 0 aromatic heterocycles. The molecule has 3 heteroatoms. The number of aryl methyl sites for hydroxylation is 1. The topological polar surface area (TPSA) is 52.9 Å². The lowest BCUT2D eigenvalue weighted by atomic mass is 10.1. The number of nitrogens with one attached hydrogen (secondary N) is 1. The molecule has 0 saturated heterocycles. The Morgan fingerprint density at radius 1 is 1.54 bits per heavy atom. The summed E-state index contributed by atoms with van der Waals surface area (Å²) >= 11 is 0. The van der Waals surface area contributed by atoms with Gasteiger partial charge in [-0.15, -0.1) is 0 Å². The molecular weight excluding hydrogens is 164 g/mol. The van der Waals surface area contributed by atoms with Crippen LogP contribution in [-0.2, 0) is 0 Å². The van der Waals surface area contributed by atoms with Gasteiger partial charge in [0, 0.05) is 7.05 Å². The lowest BCUT2D eigenvalue weighted by Gasteiger charge is -2.02. The van der Waals surface area contributed by atoms with Crippen molar-refractivity contribution in [2.75, 3.05) is 7.05 Å². The van der Waals surface area contributed by atoms with Crippen LogP contribution in [0.25, 0.3) is 0 Å². The number of hydrogen-bond acceptors (Lipinski definition) is 2. The smallest absolute Gasteiger partial charge is 0.252 e. The molecule has 1 aromatic rings. The molecule has 0 spiro atoms. The Hall–Kier alpha value is -1.82. The van der Waals surface area contributed by atoms with Crippen molar-refractivity contribution in [2.24, 2.45) is 0 Å². The molecule has 1 rings (SSSR count). The Labute approximate surface area is 77.0 Å². The zero-order chi connectivity index (χ0) is 9.84. The summed E-state index contributed by atoms with van der Waals surface area (Å²) in [6.45, 7) is 1.88. The molecule has 66 valence electrons. The molecule has 1 amide bonds. The molecular formula is C10H10N2O. The van der Waals surface area contributed by atoms with Gasteiger partial charge in [0.1, 0.15) is 0 Å². The van der Waals surface area contributed by atoms with Crippen LogP contribution < -0.4 is 5.32 Å². The van der Waals surface area contributed by atoms with E-state index < -0.39 is 0 Å². The molecule has 3 nitrogen and oxygen atoms in total. The zero-order valence-electron chi connectivity index (χ0n) is 7.59. The van der Waals surface area contributed by atoms with Gasteiger partial charge < -0.3 is 5.32 Å². The molecule has 0 atom stereocenters. The summed E-state index contributed by atoms with van der Waals surface area (Å²) in [4.78, 5) is 11.2. The highest BCUT2D eigenvalue weighted by Gasteiger charge is 2.08. The normalized spacial score (nSPS) is 9.00. The van der Waals surface area contributed by atoms with E-state index in [9.17, 15) is 4.79 Å². The van der Waals surface area contributed by atoms with Gasteiger partial charge in [0.15, 0.2) is 0 Å². The van der Waals surface area contributed by atoms with Gasteiger partial charge in [0.05, 0.1) is 17.2 Å². The summed E-state index contributed by atoms with van der Waals surface area (Å²) in [7, 11) is 1.54. The van der Waals surface area contributed by atoms with Crippen LogP contribution in [0.4, 0.5) is 0 Å². The average Bonchev–Trinajstić information content (AvgIpc) is 2.16. The van der Waals surface area contributed by atoms with Gasteiger partial charge in [-0.2, -0.15) is 5.26 Å². The van der Waals surface area contributed by atoms with E-state index in [1.807, 2.05) is 19.1 Å². The molecule has 0 unspecified atom stereocenters. The fraction of sp³-hybridized carbons (Fsp3) is 0.200. The molecule has 1 aromatic carbocycles. The molecule has 0 bridgehead atoms. The summed E-state index contributed by atoms with van der Waals surface area (Å²) in [5.74, 6) is -0.225. The van der Waals surface area contributed by atoms with Crippen LogP contribution in [-0.4, -0.2) is 13.0 Å². The van der Waals surface area contributed by atoms with E-state index in [2.05, 4.69) is 5.32 Å². The molecule has 0 aliphatic rings. The number of amides is 1. The molecule has 0 fully saturated rings. The van der Waals surface area contributed by atoms with Crippen molar-refractivity contribution in [1.82, 2.24) is 5.32 Å². The van der Waals surface area contributed by atoms with Crippen LogP contribution in [0.15, 0.2) is 18.2 Å². The van der Waals surface area contributed by atoms with Gasteiger partial charge in [-0.25, -0.2) is 0 Å². The number of carbonyl (C=O) groups excluding carboxylic acids is 1. The fourth-order valence-electron chi connectivity index (χ4n) is 1.08. The maximum absolute atomic E-state index is 11.2. The third-order valence-corrected chi connectivity index (χ3v) is 1.77. The second-order valence-corrected chi connectivity index (χ2v) is 2.74. The minimum atomic E-state index is -0.225. The van der Waals surface area contributed by atoms with Gasteiger partial charge in [-0.05, 0) is 24.6 Å². The molecule has 0 heterocycles. The highest BCUT2D eigenvalue weighted by atomic mass is 16.1. The second-order valence-electron chi connectivity index (χ2n) is 2.74. The first-order valence-electron chi connectivity index (χ1n) is 3.92. The predicted octanol–water partition coefficient (Wildman–Crippen LogP) is 1.23. The maximum atomic E-state index is 11.2. The van der Waals surface area contributed by atoms with E-state index in [4.69, 9.17) is 5.26 Å². The van der Waals surface area contributed by atoms with Crippen molar-refractivity contribution < 1.29 is 4.79 Å². The quantitative estimate of drug-likeness (QED) is 0.696. The summed E-state index contributed by atoms with van der Waals surface area (Å²) in [5.41, 5.74) is 1.82. The Balaban J connectivity index is 3.23. The van der Waals surface area contributed by atoms with Crippen molar-refractivity contribution in [2.45, 2.75) is 6.92 Å². The third kappa shape index (κ3) is 1.85. The number of nitrogens with zero attached hydrogens (tertiary/aromatic N) is 1. The summed E-state index contributed by atoms with van der Waals surface area (Å²) in [5, 5.41) is 11.2. The predicted molar refractivity (Wildman–Crippen MR) is 49.3 cm³/mol. The van der Waals surface area contributed by atoms with E-state index in [-0.39, 0.29) is 5.91 Å². The minimum absolute atomic E-state index is 0.225. The molecule has 1 N–H and O–H groups in total. The first kappa shape index (κ1) is 9.27. The van der Waals surface area contributed by atoms with Crippen molar-refractivity contribution in [1.29, 1.82) is 5.26 Å². The largest absolute Gasteiger partial charge is 0.355 e. The van der Waals surface area contributed by atoms with E-state index in [0.717, 1.165) is 5.56 Å². The average molecular weight is 174 g/mol. The number of hydrogen-bond donors (Lipinski definition) is 1. The maximum Gasteiger partial charge on any atom is 0.252 e. The van der Waals surface area contributed by atoms with Crippen LogP contribution in [0.2, 0.25) is 0 Å². The number of nitriles is 1. The standard InChI is InChI=1S/C10H10N2O/c1-7-3-4-9(10(13)12-2)8(5-7)6-11/h3-5H,1-2H3,(H,12,13). The Morgan fingerprint density at radius 2 is 2.23 bits per heavy atom. The lowest BCUT2D eigenvalue weighted by Crippen LogP contribution is -2.19. The highest BCUT2D eigenvalue weighted by molar-refractivity contribution is 5.96. The number of rotatable bonds is 1. The van der Waals surface area contributed by atoms with Crippen molar-refractivity contribution >= 4 is 5.91 Å². The minimum Gasteiger partial charge on any atom is -0.355 e. The molecule has 0 aliphatic heterocycles. The van der Waals surface area contributed by atoms with Gasteiger partial charge in [-0.3, -0.25) is 4.79 Å². The van der Waals surface area contributed by atoms with Crippen LogP contribution in [0, 0.1) is 18.3 Å². The molecule has 0 aliphatic carbocycles. The van der Waals surface area contributed by atoms with E-state index in [0.29, 0.717) is 11.1 Å². The van der Waals surface area contributed by atoms with Crippen molar-refractivity contribution in [3.8, 4) is 6.07 Å². The van der Waals surface area contributed by atoms with E-state index >= 15 is 0 Å². The molecule has 0 saturated carbocycles. The van der Waals surface area contributed by atoms with Crippen LogP contribution in [0.5, 0.6) is 0 Å². The highest BCUT2D eigenvalue weighted by Crippen LogP contribution is 2.10. The van der Waals surface area contributed by atoms with Crippen molar-refractivity contribution in [3.63, 3.8) is 0 Å². The van der Waals surface area contributed by atoms with Crippen LogP contribution >= 0.6 is 0 Å². The summed E-state index contributed by atoms with van der Waals surface area (Å²) in [6.07, 6.45) is 0. The Morgan fingerprint density at radius 3 is 2.77 bits per heavy atom. The third-order valence-electron chi connectivity index (χ3n) is 1.77. The van der Waals surface area contributed by atoms with E-state index in [1.54, 1.807) is 19.2 Å². The number of carbonyl (C=O) groups is 1. The zero-order valence-corrected chi connectivity index (χ0v) is 7.59. The Kier molecular flexibility index (Phi) is 2.65. The molecule has 0 radical (unpaired) electrons. The van der Waals surface area contributed by atoms with Gasteiger partial charge in [0.2, 0.25) is 0 Å². The monoisotopic (exact) mass is 174 g/mol. The summed E-state index contributed by atoms with van der Waals surface area (Å²) in [6, 6.07) is 7.16. The summed E-state index contributed by atoms with van der Waals surface area (Å²) < 4.78 is 0. The molecule has 13 heavy (non-hydrogen) atoms. The van der Waals surface area contributed by atoms with Gasteiger partial charge in [-0.1, -0.05) is 6.07 Å². The fourth-order valence-corrected chi connectivity index (χ4v) is 1.08. The van der Waals surface area contributed by atoms with Crippen LogP contribution in [0.1, 0.15) is 21.5 Å². The number of benzene rings is 1.